The molecular formula is C16H20FN3O. The normalized spacial score (nSPS) is 18.1. The number of nitrogens with two attached hydrogens (primary N) is 1. The van der Waals surface area contributed by atoms with Crippen LogP contribution in [0.15, 0.2) is 18.2 Å². The van der Waals surface area contributed by atoms with Gasteiger partial charge in [-0.1, -0.05) is 11.8 Å². The molecule has 1 aromatic rings. The van der Waals surface area contributed by atoms with Gasteiger partial charge in [-0.25, -0.2) is 4.39 Å². The number of benzene rings is 1. The molecule has 1 unspecified atom stereocenters. The molecule has 0 aliphatic carbocycles. The van der Waals surface area contributed by atoms with Gasteiger partial charge in [0.25, 0.3) is 5.91 Å². The third-order valence-electron chi connectivity index (χ3n) is 3.59. The Bertz CT molecular complexity index is 577. The average Bonchev–Trinajstić information content (AvgIpc) is 2.89. The molecular weight excluding hydrogens is 269 g/mol. The Morgan fingerprint density at radius 1 is 1.57 bits per heavy atom. The Morgan fingerprint density at radius 3 is 3.05 bits per heavy atom. The molecule has 1 aliphatic heterocycles. The van der Waals surface area contributed by atoms with Crippen LogP contribution in [-0.2, 0) is 0 Å². The molecule has 112 valence electrons. The highest BCUT2D eigenvalue weighted by Gasteiger charge is 2.20. The minimum absolute atomic E-state index is 0.201. The van der Waals surface area contributed by atoms with Gasteiger partial charge in [0.1, 0.15) is 5.82 Å². The van der Waals surface area contributed by atoms with E-state index in [1.54, 1.807) is 0 Å². The first-order valence-corrected chi connectivity index (χ1v) is 7.05. The number of hydrogen-bond donors (Lipinski definition) is 2. The maximum atomic E-state index is 13.4. The molecule has 1 amide bonds. The summed E-state index contributed by atoms with van der Waals surface area (Å²) in [7, 11) is 2.06. The van der Waals surface area contributed by atoms with Crippen LogP contribution in [0.25, 0.3) is 0 Å². The number of rotatable bonds is 3. The van der Waals surface area contributed by atoms with Crippen molar-refractivity contribution in [2.75, 3.05) is 33.2 Å². The fourth-order valence-electron chi connectivity index (χ4n) is 2.48. The second kappa shape index (κ2) is 7.21. The highest BCUT2D eigenvalue weighted by atomic mass is 19.1. The molecule has 1 saturated heterocycles. The number of nitrogens with one attached hydrogen (secondary N) is 1. The molecule has 4 nitrogen and oxygen atoms in total. The van der Waals surface area contributed by atoms with Crippen LogP contribution in [0.5, 0.6) is 0 Å². The van der Waals surface area contributed by atoms with Gasteiger partial charge in [-0.3, -0.25) is 4.79 Å². The van der Waals surface area contributed by atoms with Crippen LogP contribution in [0.1, 0.15) is 22.3 Å². The molecule has 1 fully saturated rings. The molecule has 0 saturated carbocycles. The highest BCUT2D eigenvalue weighted by molar-refractivity contribution is 5.96. The number of amides is 1. The first-order chi connectivity index (χ1) is 10.1. The van der Waals surface area contributed by atoms with E-state index in [0.29, 0.717) is 18.0 Å². The van der Waals surface area contributed by atoms with Crippen molar-refractivity contribution in [1.29, 1.82) is 0 Å². The topological polar surface area (TPSA) is 58.4 Å². The van der Waals surface area contributed by atoms with E-state index >= 15 is 0 Å². The highest BCUT2D eigenvalue weighted by Crippen LogP contribution is 2.14. The quantitative estimate of drug-likeness (QED) is 0.810. The number of halogens is 1. The van der Waals surface area contributed by atoms with Gasteiger partial charge in [0.05, 0.1) is 12.1 Å². The van der Waals surface area contributed by atoms with Gasteiger partial charge in [-0.15, -0.1) is 0 Å². The van der Waals surface area contributed by atoms with E-state index < -0.39 is 5.82 Å². The Balaban J connectivity index is 2.05. The van der Waals surface area contributed by atoms with Crippen LogP contribution in [0, 0.1) is 23.6 Å². The molecule has 1 atom stereocenters. The molecule has 0 radical (unpaired) electrons. The molecule has 0 aromatic heterocycles. The zero-order valence-corrected chi connectivity index (χ0v) is 12.2. The lowest BCUT2D eigenvalue weighted by Crippen LogP contribution is -2.31. The molecule has 0 bridgehead atoms. The first kappa shape index (κ1) is 15.5. The van der Waals surface area contributed by atoms with Crippen molar-refractivity contribution in [2.45, 2.75) is 6.42 Å². The predicted molar refractivity (Wildman–Crippen MR) is 80.3 cm³/mol. The Morgan fingerprint density at radius 2 is 2.38 bits per heavy atom. The third-order valence-corrected chi connectivity index (χ3v) is 3.59. The van der Waals surface area contributed by atoms with Crippen LogP contribution in [0.4, 0.5) is 4.39 Å². The third kappa shape index (κ3) is 4.28. The molecule has 2 rings (SSSR count). The summed E-state index contributed by atoms with van der Waals surface area (Å²) in [4.78, 5) is 14.5. The zero-order chi connectivity index (χ0) is 15.2. The summed E-state index contributed by atoms with van der Waals surface area (Å²) in [6.07, 6.45) is 1.07. The SMILES string of the molecule is CN1CCC(CNC(=O)c2cc(F)ccc2C#CCN)C1. The van der Waals surface area contributed by atoms with Crippen molar-refractivity contribution < 1.29 is 9.18 Å². The standard InChI is InChI=1S/C16H20FN3O/c1-20-8-6-12(11-20)10-19-16(21)15-9-14(17)5-4-13(15)3-2-7-18/h4-5,9,12H,6-8,10-11,18H2,1H3,(H,19,21). The van der Waals surface area contributed by atoms with Gasteiger partial charge >= 0.3 is 0 Å². The summed E-state index contributed by atoms with van der Waals surface area (Å²) < 4.78 is 13.4. The Labute approximate surface area is 124 Å². The summed E-state index contributed by atoms with van der Waals surface area (Å²) in [5.74, 6) is 5.21. The largest absolute Gasteiger partial charge is 0.352 e. The summed E-state index contributed by atoms with van der Waals surface area (Å²) in [6, 6.07) is 4.02. The summed E-state index contributed by atoms with van der Waals surface area (Å²) in [5.41, 5.74) is 6.10. The summed E-state index contributed by atoms with van der Waals surface area (Å²) >= 11 is 0. The van der Waals surface area contributed by atoms with Crippen LogP contribution < -0.4 is 11.1 Å². The predicted octanol–water partition coefficient (Wildman–Crippen LogP) is 0.817. The van der Waals surface area contributed by atoms with Crippen molar-refractivity contribution in [3.05, 3.63) is 35.1 Å². The Hall–Kier alpha value is -1.90. The van der Waals surface area contributed by atoms with Gasteiger partial charge in [-0.05, 0) is 44.1 Å². The van der Waals surface area contributed by atoms with E-state index in [0.717, 1.165) is 19.5 Å². The van der Waals surface area contributed by atoms with Crippen LogP contribution in [0.3, 0.4) is 0 Å². The van der Waals surface area contributed by atoms with Crippen molar-refractivity contribution in [1.82, 2.24) is 10.2 Å². The fraction of sp³-hybridized carbons (Fsp3) is 0.438. The number of hydrogen-bond acceptors (Lipinski definition) is 3. The van der Waals surface area contributed by atoms with Crippen molar-refractivity contribution >= 4 is 5.91 Å². The molecule has 21 heavy (non-hydrogen) atoms. The van der Waals surface area contributed by atoms with Gasteiger partial charge in [-0.2, -0.15) is 0 Å². The Kier molecular flexibility index (Phi) is 5.32. The van der Waals surface area contributed by atoms with Crippen molar-refractivity contribution in [2.24, 2.45) is 11.7 Å². The average molecular weight is 289 g/mol. The molecule has 1 aromatic carbocycles. The maximum Gasteiger partial charge on any atom is 0.252 e. The molecule has 1 aliphatic rings. The lowest BCUT2D eigenvalue weighted by atomic mass is 10.1. The number of nitrogens with zero attached hydrogens (tertiary/aromatic N) is 1. The smallest absolute Gasteiger partial charge is 0.252 e. The molecule has 3 N–H and O–H groups in total. The maximum absolute atomic E-state index is 13.4. The summed E-state index contributed by atoms with van der Waals surface area (Å²) in [6.45, 7) is 2.83. The molecule has 5 heteroatoms. The minimum Gasteiger partial charge on any atom is -0.352 e. The van der Waals surface area contributed by atoms with Crippen molar-refractivity contribution in [3.63, 3.8) is 0 Å². The first-order valence-electron chi connectivity index (χ1n) is 7.05. The molecule has 1 heterocycles. The van der Waals surface area contributed by atoms with Crippen LogP contribution in [0.2, 0.25) is 0 Å². The van der Waals surface area contributed by atoms with E-state index in [9.17, 15) is 9.18 Å². The van der Waals surface area contributed by atoms with Gasteiger partial charge in [0, 0.05) is 18.7 Å². The monoisotopic (exact) mass is 289 g/mol. The lowest BCUT2D eigenvalue weighted by Gasteiger charge is -2.12. The molecule has 0 spiro atoms. The number of likely N-dealkylation sites (tertiary alicyclic amines) is 1. The van der Waals surface area contributed by atoms with E-state index in [2.05, 4.69) is 29.1 Å². The van der Waals surface area contributed by atoms with Gasteiger partial charge in [0.2, 0.25) is 0 Å². The second-order valence-electron chi connectivity index (χ2n) is 5.32. The van der Waals surface area contributed by atoms with E-state index in [4.69, 9.17) is 5.73 Å². The fourth-order valence-corrected chi connectivity index (χ4v) is 2.48. The minimum atomic E-state index is -0.445. The van der Waals surface area contributed by atoms with Crippen LogP contribution >= 0.6 is 0 Å². The lowest BCUT2D eigenvalue weighted by molar-refractivity contribution is 0.0947. The number of carbonyl (C=O) groups is 1. The summed E-state index contributed by atoms with van der Waals surface area (Å²) in [5, 5.41) is 2.87. The van der Waals surface area contributed by atoms with Crippen molar-refractivity contribution in [3.8, 4) is 11.8 Å². The van der Waals surface area contributed by atoms with E-state index in [-0.39, 0.29) is 18.0 Å². The van der Waals surface area contributed by atoms with E-state index in [1.807, 2.05) is 0 Å². The zero-order valence-electron chi connectivity index (χ0n) is 12.2. The van der Waals surface area contributed by atoms with Crippen LogP contribution in [-0.4, -0.2) is 44.0 Å². The number of carbonyl (C=O) groups excluding carboxylic acids is 1. The second-order valence-corrected chi connectivity index (χ2v) is 5.32. The van der Waals surface area contributed by atoms with Gasteiger partial charge < -0.3 is 16.0 Å². The van der Waals surface area contributed by atoms with E-state index in [1.165, 1.54) is 18.2 Å². The van der Waals surface area contributed by atoms with Gasteiger partial charge in [0.15, 0.2) is 0 Å².